The normalized spacial score (nSPS) is 16.3. The van der Waals surface area contributed by atoms with Crippen LogP contribution in [-0.4, -0.2) is 24.2 Å². The number of benzene rings is 2. The van der Waals surface area contributed by atoms with E-state index in [1.807, 2.05) is 31.2 Å². The number of hydrogen-bond acceptors (Lipinski definition) is 3. The molecule has 0 saturated carbocycles. The fraction of sp³-hybridized carbons (Fsp3) is 0.320. The van der Waals surface area contributed by atoms with Crippen LogP contribution in [0.4, 0.5) is 5.69 Å². The third kappa shape index (κ3) is 4.43. The second kappa shape index (κ2) is 8.66. The molecule has 2 heterocycles. The van der Waals surface area contributed by atoms with E-state index >= 15 is 0 Å². The summed E-state index contributed by atoms with van der Waals surface area (Å²) < 4.78 is 6.11. The molecule has 1 atom stereocenters. The van der Waals surface area contributed by atoms with Gasteiger partial charge in [-0.25, -0.2) is 0 Å². The van der Waals surface area contributed by atoms with Gasteiger partial charge in [0.2, 0.25) is 0 Å². The van der Waals surface area contributed by atoms with Gasteiger partial charge in [0, 0.05) is 24.3 Å². The Balaban J connectivity index is 1.42. The molecule has 150 valence electrons. The zero-order chi connectivity index (χ0) is 20.2. The minimum absolute atomic E-state index is 0.0146. The molecule has 1 fully saturated rings. The summed E-state index contributed by atoms with van der Waals surface area (Å²) in [5.41, 5.74) is 6.32. The minimum atomic E-state index is -0.0146. The number of pyridine rings is 1. The van der Waals surface area contributed by atoms with Crippen LogP contribution >= 0.6 is 0 Å². The second-order valence-electron chi connectivity index (χ2n) is 7.74. The van der Waals surface area contributed by atoms with Crippen molar-refractivity contribution in [3.63, 3.8) is 0 Å². The highest BCUT2D eigenvalue weighted by Gasteiger charge is 2.23. The first-order valence-corrected chi connectivity index (χ1v) is 10.4. The van der Waals surface area contributed by atoms with Gasteiger partial charge in [-0.05, 0) is 54.7 Å². The lowest BCUT2D eigenvalue weighted by molar-refractivity contribution is 0.0553. The molecule has 0 spiro atoms. The van der Waals surface area contributed by atoms with Crippen LogP contribution in [0, 0.1) is 6.92 Å². The van der Waals surface area contributed by atoms with Crippen LogP contribution in [0.1, 0.15) is 30.0 Å². The highest BCUT2D eigenvalue weighted by atomic mass is 16.5. The molecule has 0 amide bonds. The maximum atomic E-state index is 12.1. The van der Waals surface area contributed by atoms with Crippen molar-refractivity contribution in [2.24, 2.45) is 0 Å². The Morgan fingerprint density at radius 1 is 1.10 bits per heavy atom. The van der Waals surface area contributed by atoms with E-state index in [2.05, 4.69) is 53.2 Å². The summed E-state index contributed by atoms with van der Waals surface area (Å²) in [5, 5.41) is 0. The lowest BCUT2D eigenvalue weighted by Crippen LogP contribution is -2.22. The predicted octanol–water partition coefficient (Wildman–Crippen LogP) is 4.71. The van der Waals surface area contributed by atoms with Crippen molar-refractivity contribution in [1.82, 2.24) is 4.98 Å². The van der Waals surface area contributed by atoms with Crippen LogP contribution in [0.25, 0.3) is 11.3 Å². The summed E-state index contributed by atoms with van der Waals surface area (Å²) in [6, 6.07) is 20.8. The van der Waals surface area contributed by atoms with Crippen LogP contribution in [0.5, 0.6) is 0 Å². The van der Waals surface area contributed by atoms with Gasteiger partial charge in [-0.2, -0.15) is 0 Å². The molecule has 0 bridgehead atoms. The van der Waals surface area contributed by atoms with Crippen LogP contribution in [0.3, 0.4) is 0 Å². The first-order chi connectivity index (χ1) is 14.1. The number of aromatic nitrogens is 1. The van der Waals surface area contributed by atoms with Crippen molar-refractivity contribution in [1.29, 1.82) is 0 Å². The van der Waals surface area contributed by atoms with Gasteiger partial charge in [-0.15, -0.1) is 0 Å². The van der Waals surface area contributed by atoms with Crippen molar-refractivity contribution in [2.75, 3.05) is 18.0 Å². The Morgan fingerprint density at radius 2 is 1.86 bits per heavy atom. The Labute approximate surface area is 172 Å². The number of hydrogen-bond donors (Lipinski definition) is 1. The van der Waals surface area contributed by atoms with Gasteiger partial charge in [0.25, 0.3) is 5.56 Å². The number of aromatic amines is 1. The van der Waals surface area contributed by atoms with Gasteiger partial charge in [0.1, 0.15) is 0 Å². The monoisotopic (exact) mass is 388 g/mol. The average Bonchev–Trinajstić information content (AvgIpc) is 3.24. The van der Waals surface area contributed by atoms with Crippen LogP contribution in [0.15, 0.2) is 65.5 Å². The van der Waals surface area contributed by atoms with E-state index < -0.39 is 0 Å². The van der Waals surface area contributed by atoms with Crippen LogP contribution in [0.2, 0.25) is 0 Å². The SMILES string of the molecule is CCc1cc(C)c(=O)[nH]c1-c1ccc(N2CCC(OCc3ccccc3)C2)cc1. The smallest absolute Gasteiger partial charge is 0.251 e. The largest absolute Gasteiger partial charge is 0.372 e. The highest BCUT2D eigenvalue weighted by Crippen LogP contribution is 2.27. The first kappa shape index (κ1) is 19.5. The number of H-pyrrole nitrogens is 1. The molecule has 2 aromatic carbocycles. The summed E-state index contributed by atoms with van der Waals surface area (Å²) >= 11 is 0. The summed E-state index contributed by atoms with van der Waals surface area (Å²) in [5.74, 6) is 0. The predicted molar refractivity (Wildman–Crippen MR) is 118 cm³/mol. The second-order valence-corrected chi connectivity index (χ2v) is 7.74. The lowest BCUT2D eigenvalue weighted by atomic mass is 10.0. The van der Waals surface area contributed by atoms with Gasteiger partial charge in [-0.1, -0.05) is 49.4 Å². The van der Waals surface area contributed by atoms with E-state index in [1.165, 1.54) is 16.8 Å². The third-order valence-corrected chi connectivity index (χ3v) is 5.68. The Bertz CT molecular complexity index is 1010. The lowest BCUT2D eigenvalue weighted by Gasteiger charge is -2.19. The van der Waals surface area contributed by atoms with Crippen LogP contribution < -0.4 is 10.5 Å². The van der Waals surface area contributed by atoms with Crippen molar-refractivity contribution < 1.29 is 4.74 Å². The van der Waals surface area contributed by atoms with Gasteiger partial charge < -0.3 is 14.6 Å². The van der Waals surface area contributed by atoms with Crippen LogP contribution in [-0.2, 0) is 17.8 Å². The van der Waals surface area contributed by atoms with Crippen molar-refractivity contribution in [3.05, 3.63) is 87.7 Å². The molecule has 4 rings (SSSR count). The fourth-order valence-corrected chi connectivity index (χ4v) is 3.95. The van der Waals surface area contributed by atoms with E-state index in [0.717, 1.165) is 42.8 Å². The molecule has 1 N–H and O–H groups in total. The van der Waals surface area contributed by atoms with E-state index in [9.17, 15) is 4.79 Å². The molecule has 0 radical (unpaired) electrons. The molecule has 1 aliphatic heterocycles. The number of ether oxygens (including phenoxy) is 1. The van der Waals surface area contributed by atoms with Gasteiger partial charge in [0.15, 0.2) is 0 Å². The molecule has 0 aliphatic carbocycles. The molecule has 4 heteroatoms. The first-order valence-electron chi connectivity index (χ1n) is 10.4. The number of nitrogens with one attached hydrogen (secondary N) is 1. The quantitative estimate of drug-likeness (QED) is 0.665. The topological polar surface area (TPSA) is 45.3 Å². The van der Waals surface area contributed by atoms with Gasteiger partial charge in [0.05, 0.1) is 18.4 Å². The van der Waals surface area contributed by atoms with E-state index in [0.29, 0.717) is 6.61 Å². The van der Waals surface area contributed by atoms with Crippen molar-refractivity contribution >= 4 is 5.69 Å². The van der Waals surface area contributed by atoms with Crippen molar-refractivity contribution in [2.45, 2.75) is 39.4 Å². The summed E-state index contributed by atoms with van der Waals surface area (Å²) in [6.45, 7) is 6.55. The maximum absolute atomic E-state index is 12.1. The zero-order valence-corrected chi connectivity index (χ0v) is 17.2. The van der Waals surface area contributed by atoms with E-state index in [4.69, 9.17) is 4.74 Å². The highest BCUT2D eigenvalue weighted by molar-refractivity contribution is 5.66. The molecule has 1 saturated heterocycles. The summed E-state index contributed by atoms with van der Waals surface area (Å²) in [4.78, 5) is 17.5. The number of rotatable bonds is 6. The fourth-order valence-electron chi connectivity index (χ4n) is 3.95. The molecular weight excluding hydrogens is 360 g/mol. The molecular formula is C25H28N2O2. The standard InChI is InChI=1S/C25H28N2O2/c1-3-20-15-18(2)25(28)26-24(20)21-9-11-22(12-10-21)27-14-13-23(16-27)29-17-19-7-5-4-6-8-19/h4-12,15,23H,3,13-14,16-17H2,1-2H3,(H,26,28). The average molecular weight is 389 g/mol. The number of aryl methyl sites for hydroxylation is 2. The molecule has 1 unspecified atom stereocenters. The molecule has 3 aromatic rings. The van der Waals surface area contributed by atoms with E-state index in [1.54, 1.807) is 0 Å². The molecule has 4 nitrogen and oxygen atoms in total. The molecule has 29 heavy (non-hydrogen) atoms. The Hall–Kier alpha value is -2.85. The Morgan fingerprint density at radius 3 is 2.59 bits per heavy atom. The maximum Gasteiger partial charge on any atom is 0.251 e. The van der Waals surface area contributed by atoms with E-state index in [-0.39, 0.29) is 11.7 Å². The molecule has 1 aliphatic rings. The van der Waals surface area contributed by atoms with Crippen molar-refractivity contribution in [3.8, 4) is 11.3 Å². The zero-order valence-electron chi connectivity index (χ0n) is 17.2. The number of anilines is 1. The third-order valence-electron chi connectivity index (χ3n) is 5.68. The summed E-state index contributed by atoms with van der Waals surface area (Å²) in [6.07, 6.45) is 2.19. The Kier molecular flexibility index (Phi) is 5.81. The molecule has 1 aromatic heterocycles. The summed E-state index contributed by atoms with van der Waals surface area (Å²) in [7, 11) is 0. The number of nitrogens with zero attached hydrogens (tertiary/aromatic N) is 1. The van der Waals surface area contributed by atoms with Gasteiger partial charge in [-0.3, -0.25) is 4.79 Å². The van der Waals surface area contributed by atoms with Gasteiger partial charge >= 0.3 is 0 Å². The minimum Gasteiger partial charge on any atom is -0.372 e.